The van der Waals surface area contributed by atoms with Gasteiger partial charge in [0, 0.05) is 25.7 Å². The first kappa shape index (κ1) is 97.1. The zero-order valence-corrected chi connectivity index (χ0v) is 66.9. The summed E-state index contributed by atoms with van der Waals surface area (Å²) in [5.41, 5.74) is 0. The summed E-state index contributed by atoms with van der Waals surface area (Å²) in [5.74, 6) is 1.00. The van der Waals surface area contributed by atoms with Gasteiger partial charge in [0.2, 0.25) is 0 Å². The van der Waals surface area contributed by atoms with E-state index in [-0.39, 0.29) is 25.7 Å². The number of phosphoric acid groups is 2. The van der Waals surface area contributed by atoms with E-state index in [1.807, 2.05) is 0 Å². The topological polar surface area (TPSA) is 237 Å². The number of rotatable bonds is 77. The van der Waals surface area contributed by atoms with E-state index in [1.54, 1.807) is 0 Å². The number of unbranched alkanes of at least 4 members (excludes halogenated alkanes) is 42. The molecule has 0 aromatic rings. The van der Waals surface area contributed by atoms with E-state index in [2.05, 4.69) is 55.4 Å². The van der Waals surface area contributed by atoms with E-state index >= 15 is 0 Å². The van der Waals surface area contributed by atoms with Crippen LogP contribution in [0.4, 0.5) is 0 Å². The van der Waals surface area contributed by atoms with E-state index in [0.29, 0.717) is 31.6 Å². The minimum absolute atomic E-state index is 0.106. The van der Waals surface area contributed by atoms with E-state index in [9.17, 15) is 43.2 Å². The molecule has 588 valence electrons. The number of aliphatic hydroxyl groups excluding tert-OH is 1. The van der Waals surface area contributed by atoms with Gasteiger partial charge >= 0.3 is 39.5 Å². The van der Waals surface area contributed by atoms with Crippen LogP contribution in [0.3, 0.4) is 0 Å². The average Bonchev–Trinajstić information content (AvgIpc) is 0.973. The zero-order chi connectivity index (χ0) is 73.1. The Morgan fingerprint density at radius 2 is 0.485 bits per heavy atom. The zero-order valence-electron chi connectivity index (χ0n) is 65.1. The van der Waals surface area contributed by atoms with Crippen molar-refractivity contribution in [3.05, 3.63) is 0 Å². The van der Waals surface area contributed by atoms with Crippen LogP contribution in [0.1, 0.15) is 409 Å². The fourth-order valence-corrected chi connectivity index (χ4v) is 13.8. The second kappa shape index (κ2) is 69.1. The first-order valence-electron chi connectivity index (χ1n) is 41.2. The van der Waals surface area contributed by atoms with Crippen LogP contribution in [0.2, 0.25) is 0 Å². The Bertz CT molecular complexity index is 1940. The molecule has 6 atom stereocenters. The Hall–Kier alpha value is -1.94. The molecule has 17 nitrogen and oxygen atoms in total. The molecule has 0 amide bonds. The first-order chi connectivity index (χ1) is 47.6. The molecule has 0 aromatic carbocycles. The van der Waals surface area contributed by atoms with Gasteiger partial charge in [0.05, 0.1) is 26.4 Å². The smallest absolute Gasteiger partial charge is 0.462 e. The summed E-state index contributed by atoms with van der Waals surface area (Å²) in [4.78, 5) is 73.0. The number of ether oxygens (including phenoxy) is 4. The largest absolute Gasteiger partial charge is 0.472 e. The quantitative estimate of drug-likeness (QED) is 0.0222. The number of hydrogen-bond donors (Lipinski definition) is 3. The molecule has 0 aromatic heterocycles. The third-order valence-corrected chi connectivity index (χ3v) is 20.8. The van der Waals surface area contributed by atoms with E-state index in [0.717, 1.165) is 114 Å². The summed E-state index contributed by atoms with van der Waals surface area (Å²) >= 11 is 0. The minimum Gasteiger partial charge on any atom is -0.462 e. The number of aliphatic hydroxyl groups is 1. The number of hydrogen-bond acceptors (Lipinski definition) is 15. The molecular formula is C80H156O17P2. The van der Waals surface area contributed by atoms with Gasteiger partial charge in [-0.1, -0.05) is 357 Å². The Balaban J connectivity index is 5.24. The second-order valence-electron chi connectivity index (χ2n) is 30.5. The van der Waals surface area contributed by atoms with Crippen molar-refractivity contribution < 1.29 is 80.2 Å². The summed E-state index contributed by atoms with van der Waals surface area (Å²) in [6.07, 6.45) is 55.4. The molecule has 0 aliphatic heterocycles. The van der Waals surface area contributed by atoms with Crippen molar-refractivity contribution in [3.8, 4) is 0 Å². The predicted octanol–water partition coefficient (Wildman–Crippen LogP) is 23.6. The van der Waals surface area contributed by atoms with Crippen molar-refractivity contribution in [2.24, 2.45) is 23.7 Å². The van der Waals surface area contributed by atoms with Crippen molar-refractivity contribution >= 4 is 39.5 Å². The first-order valence-corrected chi connectivity index (χ1v) is 44.2. The maximum atomic E-state index is 13.1. The molecule has 0 spiro atoms. The molecule has 0 aliphatic rings. The number of esters is 4. The summed E-state index contributed by atoms with van der Waals surface area (Å²) in [5, 5.41) is 10.6. The van der Waals surface area contributed by atoms with Gasteiger partial charge in [-0.2, -0.15) is 0 Å². The van der Waals surface area contributed by atoms with Gasteiger partial charge in [-0.3, -0.25) is 37.3 Å². The van der Waals surface area contributed by atoms with Gasteiger partial charge in [-0.05, 0) is 49.4 Å². The maximum absolute atomic E-state index is 13.1. The molecule has 0 heterocycles. The van der Waals surface area contributed by atoms with Crippen LogP contribution < -0.4 is 0 Å². The second-order valence-corrected chi connectivity index (χ2v) is 33.4. The van der Waals surface area contributed by atoms with Crippen LogP contribution in [0.25, 0.3) is 0 Å². The molecule has 99 heavy (non-hydrogen) atoms. The highest BCUT2D eigenvalue weighted by Gasteiger charge is 2.30. The maximum Gasteiger partial charge on any atom is 0.472 e. The average molecular weight is 1450 g/mol. The van der Waals surface area contributed by atoms with Crippen LogP contribution in [-0.4, -0.2) is 96.7 Å². The molecule has 0 fully saturated rings. The molecule has 0 radical (unpaired) electrons. The fourth-order valence-electron chi connectivity index (χ4n) is 12.2. The number of phosphoric ester groups is 2. The van der Waals surface area contributed by atoms with Gasteiger partial charge < -0.3 is 33.8 Å². The molecule has 0 aliphatic carbocycles. The van der Waals surface area contributed by atoms with E-state index in [4.69, 9.17) is 37.0 Å². The normalized spacial score (nSPS) is 14.3. The Kier molecular flexibility index (Phi) is 67.8. The minimum atomic E-state index is -4.96. The van der Waals surface area contributed by atoms with Crippen molar-refractivity contribution in [1.82, 2.24) is 0 Å². The van der Waals surface area contributed by atoms with Gasteiger partial charge in [0.15, 0.2) is 12.2 Å². The van der Waals surface area contributed by atoms with Crippen molar-refractivity contribution in [2.75, 3.05) is 39.6 Å². The van der Waals surface area contributed by atoms with Gasteiger partial charge in [0.1, 0.15) is 19.3 Å². The molecule has 0 bridgehead atoms. The van der Waals surface area contributed by atoms with Crippen LogP contribution in [0, 0.1) is 23.7 Å². The summed E-state index contributed by atoms with van der Waals surface area (Å²) in [7, 11) is -9.92. The lowest BCUT2D eigenvalue weighted by Gasteiger charge is -2.21. The van der Waals surface area contributed by atoms with Crippen LogP contribution in [-0.2, 0) is 65.4 Å². The molecule has 3 N–H and O–H groups in total. The lowest BCUT2D eigenvalue weighted by molar-refractivity contribution is -0.161. The highest BCUT2D eigenvalue weighted by molar-refractivity contribution is 7.47. The van der Waals surface area contributed by atoms with Gasteiger partial charge in [-0.15, -0.1) is 0 Å². The Morgan fingerprint density at radius 1 is 0.283 bits per heavy atom. The molecule has 0 rings (SSSR count). The fraction of sp³-hybridized carbons (Fsp3) is 0.950. The van der Waals surface area contributed by atoms with Crippen molar-refractivity contribution in [3.63, 3.8) is 0 Å². The molecule has 19 heteroatoms. The number of carbonyl (C=O) groups is 4. The summed E-state index contributed by atoms with van der Waals surface area (Å²) < 4.78 is 68.7. The Morgan fingerprint density at radius 3 is 0.717 bits per heavy atom. The summed E-state index contributed by atoms with van der Waals surface area (Å²) in [6.45, 7) is 14.3. The van der Waals surface area contributed by atoms with Crippen molar-refractivity contribution in [2.45, 2.75) is 427 Å². The third-order valence-electron chi connectivity index (χ3n) is 18.9. The third kappa shape index (κ3) is 72.8. The van der Waals surface area contributed by atoms with Crippen LogP contribution in [0.5, 0.6) is 0 Å². The Labute approximate surface area is 607 Å². The lowest BCUT2D eigenvalue weighted by Crippen LogP contribution is -2.30. The van der Waals surface area contributed by atoms with E-state index < -0.39 is 97.5 Å². The standard InChI is InChI=1S/C80H156O17P2/c1-9-73(8)59-51-43-35-27-21-14-10-11-15-23-29-37-46-54-62-79(84)97-76(67-91-78(83)61-53-45-39-31-34-42-50-58-72(6)7)69-95-99(88,89)93-65-74(81)64-92-98(86,87)94-68-75(96-80(85)63-55-47-38-30-24-18-17-20-26-33-41-49-57-71(4)5)66-90-77(82)60-52-44-36-28-22-16-12-13-19-25-32-40-48-56-70(2)3/h70-76,81H,9-69H2,1-8H3,(H,86,87)(H,88,89)/t73?,74?,75-,76-/m1/s1. The highest BCUT2D eigenvalue weighted by Crippen LogP contribution is 2.45. The van der Waals surface area contributed by atoms with E-state index in [1.165, 1.54) is 205 Å². The highest BCUT2D eigenvalue weighted by atomic mass is 31.2. The monoisotopic (exact) mass is 1450 g/mol. The molecule has 0 saturated heterocycles. The van der Waals surface area contributed by atoms with Gasteiger partial charge in [0.25, 0.3) is 0 Å². The van der Waals surface area contributed by atoms with Crippen molar-refractivity contribution in [1.29, 1.82) is 0 Å². The number of carbonyl (C=O) groups excluding carboxylic acids is 4. The molecule has 0 saturated carbocycles. The van der Waals surface area contributed by atoms with Crippen LogP contribution >= 0.6 is 15.6 Å². The van der Waals surface area contributed by atoms with Crippen LogP contribution in [0.15, 0.2) is 0 Å². The SMILES string of the molecule is CCC(C)CCCCCCCCCCCCCCCCC(=O)O[C@H](COC(=O)CCCCCCCCCC(C)C)COP(=O)(O)OCC(O)COP(=O)(O)OC[C@@H](COC(=O)CCCCCCCCCCCCCCCC(C)C)OC(=O)CCCCCCCCCCCCCCC(C)C. The van der Waals surface area contributed by atoms with Gasteiger partial charge in [-0.25, -0.2) is 9.13 Å². The lowest BCUT2D eigenvalue weighted by atomic mass is 9.99. The molecule has 4 unspecified atom stereocenters. The summed E-state index contributed by atoms with van der Waals surface area (Å²) in [6, 6.07) is 0. The predicted molar refractivity (Wildman–Crippen MR) is 404 cm³/mol. The molecular weight excluding hydrogens is 1290 g/mol.